The molecule has 0 aliphatic heterocycles. The molecular formula is C16H17FN2O3. The molecule has 0 saturated heterocycles. The maximum absolute atomic E-state index is 12.9. The van der Waals surface area contributed by atoms with Gasteiger partial charge < -0.3 is 20.1 Å². The van der Waals surface area contributed by atoms with Crippen molar-refractivity contribution in [2.75, 3.05) is 25.6 Å². The van der Waals surface area contributed by atoms with Crippen LogP contribution in [0, 0.1) is 5.82 Å². The first-order valence-electron chi connectivity index (χ1n) is 6.74. The number of amides is 2. The lowest BCUT2D eigenvalue weighted by Crippen LogP contribution is -2.32. The van der Waals surface area contributed by atoms with Gasteiger partial charge in [-0.25, -0.2) is 9.18 Å². The molecule has 0 radical (unpaired) electrons. The van der Waals surface area contributed by atoms with E-state index in [0.29, 0.717) is 18.0 Å². The Balaban J connectivity index is 1.69. The predicted octanol–water partition coefficient (Wildman–Crippen LogP) is 3.03. The third-order valence-corrected chi connectivity index (χ3v) is 2.80. The predicted molar refractivity (Wildman–Crippen MR) is 81.9 cm³/mol. The monoisotopic (exact) mass is 304 g/mol. The van der Waals surface area contributed by atoms with Gasteiger partial charge in [-0.1, -0.05) is 6.07 Å². The lowest BCUT2D eigenvalue weighted by Gasteiger charge is -2.09. The zero-order valence-electron chi connectivity index (χ0n) is 12.1. The van der Waals surface area contributed by atoms with Gasteiger partial charge in [0.15, 0.2) is 0 Å². The molecule has 116 valence electrons. The fourth-order valence-corrected chi connectivity index (χ4v) is 1.74. The van der Waals surface area contributed by atoms with Crippen molar-refractivity contribution in [1.29, 1.82) is 0 Å². The third-order valence-electron chi connectivity index (χ3n) is 2.80. The number of anilines is 1. The highest BCUT2D eigenvalue weighted by Gasteiger charge is 2.02. The van der Waals surface area contributed by atoms with Gasteiger partial charge in [-0.05, 0) is 36.4 Å². The number of carbonyl (C=O) groups excluding carboxylic acids is 1. The van der Waals surface area contributed by atoms with E-state index in [9.17, 15) is 9.18 Å². The summed E-state index contributed by atoms with van der Waals surface area (Å²) in [5.41, 5.74) is 0.657. The number of carbonyl (C=O) groups is 1. The van der Waals surface area contributed by atoms with Crippen molar-refractivity contribution in [3.05, 3.63) is 54.3 Å². The minimum Gasteiger partial charge on any atom is -0.497 e. The van der Waals surface area contributed by atoms with Crippen molar-refractivity contribution in [3.63, 3.8) is 0 Å². The summed E-state index contributed by atoms with van der Waals surface area (Å²) in [6.07, 6.45) is 0. The molecule has 5 nitrogen and oxygen atoms in total. The molecule has 0 heterocycles. The van der Waals surface area contributed by atoms with Gasteiger partial charge in [-0.15, -0.1) is 0 Å². The molecule has 0 aliphatic rings. The Labute approximate surface area is 128 Å². The summed E-state index contributed by atoms with van der Waals surface area (Å²) in [5.74, 6) is 0.787. The number of methoxy groups -OCH3 is 1. The van der Waals surface area contributed by atoms with E-state index in [0.717, 1.165) is 5.75 Å². The van der Waals surface area contributed by atoms with Crippen LogP contribution in [0.1, 0.15) is 0 Å². The third kappa shape index (κ3) is 4.97. The van der Waals surface area contributed by atoms with Crippen LogP contribution in [-0.4, -0.2) is 26.3 Å². The smallest absolute Gasteiger partial charge is 0.319 e. The molecule has 2 rings (SSSR count). The topological polar surface area (TPSA) is 59.6 Å². The molecule has 0 spiro atoms. The second kappa shape index (κ2) is 7.87. The van der Waals surface area contributed by atoms with Crippen LogP contribution < -0.4 is 20.1 Å². The molecule has 0 saturated carbocycles. The molecule has 0 bridgehead atoms. The normalized spacial score (nSPS) is 9.91. The number of hydrogen-bond donors (Lipinski definition) is 2. The minimum absolute atomic E-state index is 0.249. The summed E-state index contributed by atoms with van der Waals surface area (Å²) in [5, 5.41) is 5.32. The Morgan fingerprint density at radius 1 is 1.14 bits per heavy atom. The van der Waals surface area contributed by atoms with Crippen LogP contribution in [0.25, 0.3) is 0 Å². The molecule has 2 aromatic carbocycles. The molecule has 0 fully saturated rings. The van der Waals surface area contributed by atoms with Crippen molar-refractivity contribution in [3.8, 4) is 11.5 Å². The number of rotatable bonds is 6. The first-order chi connectivity index (χ1) is 10.7. The Bertz CT molecular complexity index is 617. The van der Waals surface area contributed by atoms with Crippen molar-refractivity contribution in [2.24, 2.45) is 0 Å². The van der Waals surface area contributed by atoms with Crippen molar-refractivity contribution < 1.29 is 18.7 Å². The molecule has 2 amide bonds. The van der Waals surface area contributed by atoms with E-state index in [1.165, 1.54) is 12.1 Å². The van der Waals surface area contributed by atoms with Crippen molar-refractivity contribution >= 4 is 11.7 Å². The summed E-state index contributed by atoms with van der Waals surface area (Å²) < 4.78 is 23.3. The van der Waals surface area contributed by atoms with Gasteiger partial charge in [0.25, 0.3) is 0 Å². The van der Waals surface area contributed by atoms with Crippen LogP contribution in [0.2, 0.25) is 0 Å². The quantitative estimate of drug-likeness (QED) is 0.806. The largest absolute Gasteiger partial charge is 0.497 e. The van der Waals surface area contributed by atoms with E-state index in [2.05, 4.69) is 10.6 Å². The maximum Gasteiger partial charge on any atom is 0.319 e. The van der Waals surface area contributed by atoms with Gasteiger partial charge in [0.1, 0.15) is 23.9 Å². The van der Waals surface area contributed by atoms with Gasteiger partial charge >= 0.3 is 6.03 Å². The number of benzene rings is 2. The SMILES string of the molecule is COc1ccc(NC(=O)NCCOc2cccc(F)c2)cc1. The lowest BCUT2D eigenvalue weighted by atomic mass is 10.3. The van der Waals surface area contributed by atoms with Crippen LogP contribution >= 0.6 is 0 Å². The number of halogens is 1. The van der Waals surface area contributed by atoms with E-state index in [-0.39, 0.29) is 18.5 Å². The van der Waals surface area contributed by atoms with Crippen LogP contribution in [-0.2, 0) is 0 Å². The summed E-state index contributed by atoms with van der Waals surface area (Å²) in [6, 6.07) is 12.5. The van der Waals surface area contributed by atoms with Gasteiger partial charge in [-0.3, -0.25) is 0 Å². The van der Waals surface area contributed by atoms with Crippen LogP contribution in [0.15, 0.2) is 48.5 Å². The van der Waals surface area contributed by atoms with E-state index < -0.39 is 0 Å². The van der Waals surface area contributed by atoms with Gasteiger partial charge in [0.05, 0.1) is 13.7 Å². The molecule has 22 heavy (non-hydrogen) atoms. The molecule has 0 atom stereocenters. The zero-order valence-corrected chi connectivity index (χ0v) is 12.1. The van der Waals surface area contributed by atoms with E-state index in [4.69, 9.17) is 9.47 Å². The zero-order chi connectivity index (χ0) is 15.8. The van der Waals surface area contributed by atoms with Gasteiger partial charge in [-0.2, -0.15) is 0 Å². The fraction of sp³-hybridized carbons (Fsp3) is 0.188. The Morgan fingerprint density at radius 3 is 2.59 bits per heavy atom. The fourth-order valence-electron chi connectivity index (χ4n) is 1.74. The summed E-state index contributed by atoms with van der Waals surface area (Å²) in [6.45, 7) is 0.554. The number of nitrogens with one attached hydrogen (secondary N) is 2. The molecule has 0 aliphatic carbocycles. The molecule has 2 aromatic rings. The Hall–Kier alpha value is -2.76. The van der Waals surface area contributed by atoms with Crippen LogP contribution in [0.4, 0.5) is 14.9 Å². The first-order valence-corrected chi connectivity index (χ1v) is 6.74. The molecule has 0 aromatic heterocycles. The maximum atomic E-state index is 12.9. The highest BCUT2D eigenvalue weighted by atomic mass is 19.1. The van der Waals surface area contributed by atoms with Crippen LogP contribution in [0.5, 0.6) is 11.5 Å². The molecule has 0 unspecified atom stereocenters. The first kappa shape index (κ1) is 15.6. The summed E-state index contributed by atoms with van der Waals surface area (Å²) in [4.78, 5) is 11.7. The second-order valence-corrected chi connectivity index (χ2v) is 4.42. The van der Waals surface area contributed by atoms with Crippen LogP contribution in [0.3, 0.4) is 0 Å². The average Bonchev–Trinajstić information content (AvgIpc) is 2.52. The summed E-state index contributed by atoms with van der Waals surface area (Å²) in [7, 11) is 1.58. The molecule has 2 N–H and O–H groups in total. The lowest BCUT2D eigenvalue weighted by molar-refractivity contribution is 0.247. The molecule has 6 heteroatoms. The van der Waals surface area contributed by atoms with Gasteiger partial charge in [0.2, 0.25) is 0 Å². The van der Waals surface area contributed by atoms with Crippen molar-refractivity contribution in [2.45, 2.75) is 0 Å². The highest BCUT2D eigenvalue weighted by Crippen LogP contribution is 2.14. The highest BCUT2D eigenvalue weighted by molar-refractivity contribution is 5.89. The van der Waals surface area contributed by atoms with E-state index in [1.54, 1.807) is 43.5 Å². The summed E-state index contributed by atoms with van der Waals surface area (Å²) >= 11 is 0. The minimum atomic E-state index is -0.359. The van der Waals surface area contributed by atoms with E-state index in [1.807, 2.05) is 0 Å². The van der Waals surface area contributed by atoms with Gasteiger partial charge in [0, 0.05) is 11.8 Å². The number of ether oxygens (including phenoxy) is 2. The standard InChI is InChI=1S/C16H17FN2O3/c1-21-14-7-5-13(6-8-14)19-16(20)18-9-10-22-15-4-2-3-12(17)11-15/h2-8,11H,9-10H2,1H3,(H2,18,19,20). The molecular weight excluding hydrogens is 287 g/mol. The Kier molecular flexibility index (Phi) is 5.59. The van der Waals surface area contributed by atoms with Crippen molar-refractivity contribution in [1.82, 2.24) is 5.32 Å². The van der Waals surface area contributed by atoms with E-state index >= 15 is 0 Å². The Morgan fingerprint density at radius 2 is 1.91 bits per heavy atom. The number of hydrogen-bond acceptors (Lipinski definition) is 3. The average molecular weight is 304 g/mol. The second-order valence-electron chi connectivity index (χ2n) is 4.42. The number of urea groups is 1.